The Balaban J connectivity index is 1.85. The first-order chi connectivity index (χ1) is 9.80. The Morgan fingerprint density at radius 3 is 2.71 bits per heavy atom. The number of rotatable bonds is 5. The fraction of sp³-hybridized carbons (Fsp3) is 0.833. The van der Waals surface area contributed by atoms with Gasteiger partial charge in [0, 0.05) is 0 Å². The van der Waals surface area contributed by atoms with Gasteiger partial charge in [-0.1, -0.05) is 5.21 Å². The van der Waals surface area contributed by atoms with E-state index in [1.165, 1.54) is 4.68 Å². The van der Waals surface area contributed by atoms with E-state index in [0.717, 1.165) is 30.5 Å². The maximum Gasteiger partial charge on any atom is 0.422 e. The van der Waals surface area contributed by atoms with E-state index in [4.69, 9.17) is 4.74 Å². The van der Waals surface area contributed by atoms with Crippen molar-refractivity contribution in [2.24, 2.45) is 0 Å². The lowest BCUT2D eigenvalue weighted by molar-refractivity contribution is -0.260. The van der Waals surface area contributed by atoms with Crippen molar-refractivity contribution >= 4 is 11.8 Å². The Bertz CT molecular complexity index is 459. The van der Waals surface area contributed by atoms with Crippen molar-refractivity contribution in [2.75, 3.05) is 18.1 Å². The van der Waals surface area contributed by atoms with E-state index in [0.29, 0.717) is 20.1 Å². The molecule has 0 amide bonds. The minimum atomic E-state index is -4.79. The summed E-state index contributed by atoms with van der Waals surface area (Å²) < 4.78 is 44.9. The van der Waals surface area contributed by atoms with Crippen molar-refractivity contribution in [1.29, 1.82) is 0 Å². The number of nitrogens with zero attached hydrogens (tertiary/aromatic N) is 3. The molecule has 0 aliphatic carbocycles. The number of thioether (sulfide) groups is 1. The van der Waals surface area contributed by atoms with Crippen molar-refractivity contribution < 1.29 is 23.0 Å². The third kappa shape index (κ3) is 4.10. The highest BCUT2D eigenvalue weighted by molar-refractivity contribution is 7.99. The summed E-state index contributed by atoms with van der Waals surface area (Å²) in [5.74, 6) is 2.15. The third-order valence-corrected chi connectivity index (χ3v) is 4.48. The largest absolute Gasteiger partial charge is 0.422 e. The molecule has 1 aliphatic rings. The molecule has 1 unspecified atom stereocenters. The Hall–Kier alpha value is -0.800. The van der Waals surface area contributed by atoms with Gasteiger partial charge in [-0.15, -0.1) is 5.10 Å². The zero-order valence-electron chi connectivity index (χ0n) is 11.6. The van der Waals surface area contributed by atoms with E-state index in [1.807, 2.05) is 11.8 Å². The molecule has 120 valence electrons. The van der Waals surface area contributed by atoms with Crippen LogP contribution in [0.15, 0.2) is 6.20 Å². The fourth-order valence-electron chi connectivity index (χ4n) is 1.93. The highest BCUT2D eigenvalue weighted by Gasteiger charge is 2.53. The molecule has 21 heavy (non-hydrogen) atoms. The number of halogens is 3. The van der Waals surface area contributed by atoms with Gasteiger partial charge in [0.2, 0.25) is 5.60 Å². The maximum atomic E-state index is 12.7. The first-order valence-electron chi connectivity index (χ1n) is 6.70. The van der Waals surface area contributed by atoms with E-state index in [2.05, 4.69) is 10.3 Å². The van der Waals surface area contributed by atoms with Gasteiger partial charge in [0.15, 0.2) is 0 Å². The summed E-state index contributed by atoms with van der Waals surface area (Å²) in [6.07, 6.45) is -1.48. The highest BCUT2D eigenvalue weighted by atomic mass is 32.2. The summed E-state index contributed by atoms with van der Waals surface area (Å²) in [6.45, 7) is 1.34. The van der Waals surface area contributed by atoms with Crippen LogP contribution < -0.4 is 0 Å². The first kappa shape index (κ1) is 16.6. The Kier molecular flexibility index (Phi) is 5.15. The quantitative estimate of drug-likeness (QED) is 0.897. The molecule has 1 aromatic heterocycles. The molecule has 2 heterocycles. The van der Waals surface area contributed by atoms with Crippen LogP contribution in [-0.4, -0.2) is 50.5 Å². The number of aromatic nitrogens is 3. The molecule has 0 saturated carbocycles. The summed E-state index contributed by atoms with van der Waals surface area (Å²) in [5, 5.41) is 16.5. The summed E-state index contributed by atoms with van der Waals surface area (Å²) in [7, 11) is 0. The van der Waals surface area contributed by atoms with Crippen LogP contribution in [0.5, 0.6) is 0 Å². The second-order valence-electron chi connectivity index (χ2n) is 5.12. The molecule has 0 bridgehead atoms. The molecule has 1 aromatic rings. The lowest BCUT2D eigenvalue weighted by Crippen LogP contribution is -2.39. The number of aliphatic hydroxyl groups is 1. The average Bonchev–Trinajstić information content (AvgIpc) is 2.88. The van der Waals surface area contributed by atoms with Gasteiger partial charge in [-0.3, -0.25) is 0 Å². The van der Waals surface area contributed by atoms with Crippen molar-refractivity contribution in [3.63, 3.8) is 0 Å². The zero-order chi connectivity index (χ0) is 15.5. The topological polar surface area (TPSA) is 60.2 Å². The monoisotopic (exact) mass is 325 g/mol. The molecule has 0 spiro atoms. The minimum Gasteiger partial charge on any atom is -0.376 e. The number of hydrogen-bond donors (Lipinski definition) is 1. The van der Waals surface area contributed by atoms with Crippen LogP contribution in [0.25, 0.3) is 0 Å². The molecular weight excluding hydrogens is 307 g/mol. The molecule has 1 N–H and O–H groups in total. The van der Waals surface area contributed by atoms with E-state index < -0.39 is 17.5 Å². The van der Waals surface area contributed by atoms with Crippen molar-refractivity contribution in [1.82, 2.24) is 15.0 Å². The fourth-order valence-corrected chi connectivity index (χ4v) is 2.99. The van der Waals surface area contributed by atoms with Crippen LogP contribution in [0.1, 0.15) is 25.5 Å². The van der Waals surface area contributed by atoms with Gasteiger partial charge in [-0.25, -0.2) is 4.68 Å². The van der Waals surface area contributed by atoms with E-state index in [1.54, 1.807) is 0 Å². The molecule has 5 nitrogen and oxygen atoms in total. The van der Waals surface area contributed by atoms with Gasteiger partial charge in [0.05, 0.1) is 25.5 Å². The Morgan fingerprint density at radius 1 is 1.43 bits per heavy atom. The van der Waals surface area contributed by atoms with Gasteiger partial charge < -0.3 is 9.84 Å². The SMILES string of the molecule is CC(O)(c1cn(CCOC2CCSCC2)nn1)C(F)(F)F. The normalized spacial score (nSPS) is 20.4. The molecular formula is C12H18F3N3O2S. The molecule has 2 rings (SSSR count). The summed E-state index contributed by atoms with van der Waals surface area (Å²) in [5.41, 5.74) is -3.50. The van der Waals surface area contributed by atoms with Gasteiger partial charge in [0.1, 0.15) is 5.69 Å². The molecule has 1 atom stereocenters. The molecule has 1 aliphatic heterocycles. The highest BCUT2D eigenvalue weighted by Crippen LogP contribution is 2.37. The maximum absolute atomic E-state index is 12.7. The van der Waals surface area contributed by atoms with Crippen molar-refractivity contribution in [3.8, 4) is 0 Å². The van der Waals surface area contributed by atoms with Crippen LogP contribution in [0.4, 0.5) is 13.2 Å². The molecule has 9 heteroatoms. The van der Waals surface area contributed by atoms with Crippen LogP contribution in [0.2, 0.25) is 0 Å². The van der Waals surface area contributed by atoms with Crippen LogP contribution in [-0.2, 0) is 16.9 Å². The van der Waals surface area contributed by atoms with E-state index in [-0.39, 0.29) is 6.10 Å². The predicted molar refractivity (Wildman–Crippen MR) is 71.9 cm³/mol. The lowest BCUT2D eigenvalue weighted by atomic mass is 10.0. The second-order valence-corrected chi connectivity index (χ2v) is 6.34. The lowest BCUT2D eigenvalue weighted by Gasteiger charge is -2.23. The number of ether oxygens (including phenoxy) is 1. The summed E-state index contributed by atoms with van der Waals surface area (Å²) >= 11 is 1.89. The summed E-state index contributed by atoms with van der Waals surface area (Å²) in [6, 6.07) is 0. The molecule has 1 saturated heterocycles. The Labute approximate surface area is 124 Å². The van der Waals surface area contributed by atoms with Crippen molar-refractivity contribution in [3.05, 3.63) is 11.9 Å². The first-order valence-corrected chi connectivity index (χ1v) is 7.85. The van der Waals surface area contributed by atoms with E-state index in [9.17, 15) is 18.3 Å². The smallest absolute Gasteiger partial charge is 0.376 e. The van der Waals surface area contributed by atoms with Gasteiger partial charge in [-0.05, 0) is 31.3 Å². The van der Waals surface area contributed by atoms with Crippen molar-refractivity contribution in [2.45, 2.75) is 44.2 Å². The third-order valence-electron chi connectivity index (χ3n) is 3.43. The zero-order valence-corrected chi connectivity index (χ0v) is 12.5. The number of alkyl halides is 3. The van der Waals surface area contributed by atoms with Crippen LogP contribution in [0.3, 0.4) is 0 Å². The van der Waals surface area contributed by atoms with E-state index >= 15 is 0 Å². The predicted octanol–water partition coefficient (Wildman–Crippen LogP) is 1.96. The molecule has 0 radical (unpaired) electrons. The molecule has 0 aromatic carbocycles. The average molecular weight is 325 g/mol. The van der Waals surface area contributed by atoms with Gasteiger partial charge in [-0.2, -0.15) is 24.9 Å². The minimum absolute atomic E-state index is 0.215. The molecule has 1 fully saturated rings. The second kappa shape index (κ2) is 6.53. The van der Waals surface area contributed by atoms with Gasteiger partial charge in [0.25, 0.3) is 0 Å². The van der Waals surface area contributed by atoms with Crippen LogP contribution >= 0.6 is 11.8 Å². The summed E-state index contributed by atoms with van der Waals surface area (Å²) in [4.78, 5) is 0. The number of hydrogen-bond acceptors (Lipinski definition) is 5. The van der Waals surface area contributed by atoms with Crippen LogP contribution in [0, 0.1) is 0 Å². The van der Waals surface area contributed by atoms with Gasteiger partial charge >= 0.3 is 6.18 Å². The standard InChI is InChI=1S/C12H18F3N3O2S/c1-11(19,12(13,14)15)10-8-18(17-16-10)4-5-20-9-2-6-21-7-3-9/h8-9,19H,2-7H2,1H3. The Morgan fingerprint density at radius 2 is 2.10 bits per heavy atom.